The van der Waals surface area contributed by atoms with E-state index in [9.17, 15) is 13.2 Å². The van der Waals surface area contributed by atoms with Crippen molar-refractivity contribution >= 4 is 16.0 Å². The summed E-state index contributed by atoms with van der Waals surface area (Å²) in [5, 5.41) is 9.15. The summed E-state index contributed by atoms with van der Waals surface area (Å²) in [5.41, 5.74) is 0. The van der Waals surface area contributed by atoms with Crippen LogP contribution in [0.1, 0.15) is 20.3 Å². The minimum Gasteiger partial charge on any atom is -0.486 e. The van der Waals surface area contributed by atoms with Gasteiger partial charge >= 0.3 is 5.97 Å². The van der Waals surface area contributed by atoms with Crippen LogP contribution in [-0.4, -0.2) is 38.7 Å². The van der Waals surface area contributed by atoms with Crippen LogP contribution in [0.25, 0.3) is 0 Å². The highest BCUT2D eigenvalue weighted by atomic mass is 32.2. The summed E-state index contributed by atoms with van der Waals surface area (Å²) in [6.45, 7) is 4.41. The number of sulfonamides is 1. The molecule has 0 amide bonds. The zero-order valence-corrected chi connectivity index (χ0v) is 13.2. The molecule has 0 spiro atoms. The fourth-order valence-electron chi connectivity index (χ4n) is 2.12. The van der Waals surface area contributed by atoms with Crippen LogP contribution < -0.4 is 14.2 Å². The number of hydrogen-bond acceptors (Lipinski definition) is 5. The molecule has 1 aromatic rings. The second-order valence-electron chi connectivity index (χ2n) is 5.45. The van der Waals surface area contributed by atoms with Gasteiger partial charge in [-0.15, -0.1) is 0 Å². The van der Waals surface area contributed by atoms with Crippen LogP contribution in [0.4, 0.5) is 0 Å². The Hall–Kier alpha value is -1.80. The molecule has 0 bridgehead atoms. The quantitative estimate of drug-likeness (QED) is 0.814. The largest absolute Gasteiger partial charge is 0.486 e. The Morgan fingerprint density at radius 1 is 1.27 bits per heavy atom. The summed E-state index contributed by atoms with van der Waals surface area (Å²) in [4.78, 5) is 11.2. The number of aliphatic carboxylic acids is 1. The molecule has 7 nitrogen and oxygen atoms in total. The summed E-state index contributed by atoms with van der Waals surface area (Å²) in [6, 6.07) is 3.04. The molecule has 1 atom stereocenters. The lowest BCUT2D eigenvalue weighted by Gasteiger charge is -2.20. The number of carbonyl (C=O) groups is 1. The first kappa shape index (κ1) is 16.6. The number of carboxylic acids is 1. The van der Waals surface area contributed by atoms with Gasteiger partial charge in [-0.2, -0.15) is 4.72 Å². The number of hydrogen-bond donors (Lipinski definition) is 2. The minimum atomic E-state index is -3.95. The van der Waals surface area contributed by atoms with Crippen molar-refractivity contribution in [1.29, 1.82) is 0 Å². The van der Waals surface area contributed by atoms with E-state index in [1.165, 1.54) is 18.2 Å². The molecule has 8 heteroatoms. The third kappa shape index (κ3) is 3.89. The Bertz CT molecular complexity index is 655. The SMILES string of the molecule is CC(C)C[C@H](NS(=O)(=O)c1ccc2c(c1)OCCO2)C(=O)O. The Kier molecular flexibility index (Phi) is 4.92. The molecule has 0 saturated carbocycles. The predicted octanol–water partition coefficient (Wildman–Crippen LogP) is 1.24. The zero-order valence-electron chi connectivity index (χ0n) is 12.4. The first-order valence-corrected chi connectivity index (χ1v) is 8.42. The molecule has 0 unspecified atom stereocenters. The van der Waals surface area contributed by atoms with Gasteiger partial charge in [0.15, 0.2) is 11.5 Å². The van der Waals surface area contributed by atoms with E-state index in [0.29, 0.717) is 24.7 Å². The van der Waals surface area contributed by atoms with Gasteiger partial charge in [0.25, 0.3) is 0 Å². The van der Waals surface area contributed by atoms with E-state index in [-0.39, 0.29) is 17.2 Å². The van der Waals surface area contributed by atoms with Crippen molar-refractivity contribution in [2.24, 2.45) is 5.92 Å². The van der Waals surface area contributed by atoms with Crippen LogP contribution in [0.2, 0.25) is 0 Å². The van der Waals surface area contributed by atoms with Crippen molar-refractivity contribution < 1.29 is 27.8 Å². The number of rotatable bonds is 6. The fourth-order valence-corrected chi connectivity index (χ4v) is 3.33. The average Bonchev–Trinajstić information content (AvgIpc) is 2.45. The summed E-state index contributed by atoms with van der Waals surface area (Å²) in [6.07, 6.45) is 0.207. The molecule has 1 aliphatic heterocycles. The zero-order chi connectivity index (χ0) is 16.3. The summed E-state index contributed by atoms with van der Waals surface area (Å²) < 4.78 is 37.6. The van der Waals surface area contributed by atoms with Gasteiger partial charge < -0.3 is 14.6 Å². The molecule has 1 heterocycles. The molecule has 2 rings (SSSR count). The third-order valence-electron chi connectivity index (χ3n) is 3.13. The number of benzene rings is 1. The number of carboxylic acid groups (broad SMARTS) is 1. The topological polar surface area (TPSA) is 102 Å². The van der Waals surface area contributed by atoms with E-state index in [0.717, 1.165) is 0 Å². The van der Waals surface area contributed by atoms with Gasteiger partial charge in [-0.1, -0.05) is 13.8 Å². The van der Waals surface area contributed by atoms with Crippen molar-refractivity contribution in [1.82, 2.24) is 4.72 Å². The molecule has 22 heavy (non-hydrogen) atoms. The second kappa shape index (κ2) is 6.53. The normalized spacial score (nSPS) is 15.6. The third-order valence-corrected chi connectivity index (χ3v) is 4.60. The maximum atomic E-state index is 12.3. The van der Waals surface area contributed by atoms with Gasteiger partial charge in [-0.05, 0) is 24.5 Å². The van der Waals surface area contributed by atoms with Crippen LogP contribution >= 0.6 is 0 Å². The minimum absolute atomic E-state index is 0.0454. The smallest absolute Gasteiger partial charge is 0.321 e. The van der Waals surface area contributed by atoms with E-state index < -0.39 is 22.0 Å². The maximum Gasteiger partial charge on any atom is 0.321 e. The molecule has 0 aliphatic carbocycles. The fraction of sp³-hybridized carbons (Fsp3) is 0.500. The number of ether oxygens (including phenoxy) is 2. The standard InChI is InChI=1S/C14H19NO6S/c1-9(2)7-11(14(16)17)15-22(18,19)10-3-4-12-13(8-10)21-6-5-20-12/h3-4,8-9,11,15H,5-7H2,1-2H3,(H,16,17)/t11-/m0/s1. The molecule has 0 fully saturated rings. The van der Waals surface area contributed by atoms with Crippen molar-refractivity contribution in [3.63, 3.8) is 0 Å². The van der Waals surface area contributed by atoms with E-state index in [4.69, 9.17) is 14.6 Å². The van der Waals surface area contributed by atoms with E-state index in [2.05, 4.69) is 4.72 Å². The number of fused-ring (bicyclic) bond motifs is 1. The molecular weight excluding hydrogens is 310 g/mol. The van der Waals surface area contributed by atoms with E-state index in [1.807, 2.05) is 13.8 Å². The van der Waals surface area contributed by atoms with Crippen LogP contribution in [-0.2, 0) is 14.8 Å². The van der Waals surface area contributed by atoms with Gasteiger partial charge in [-0.3, -0.25) is 4.79 Å². The monoisotopic (exact) mass is 329 g/mol. The van der Waals surface area contributed by atoms with Crippen molar-refractivity contribution in [3.8, 4) is 11.5 Å². The Morgan fingerprint density at radius 3 is 2.50 bits per heavy atom. The number of nitrogens with one attached hydrogen (secondary N) is 1. The average molecular weight is 329 g/mol. The molecule has 0 aromatic heterocycles. The van der Waals surface area contributed by atoms with Crippen molar-refractivity contribution in [2.45, 2.75) is 31.2 Å². The Balaban J connectivity index is 2.24. The molecule has 122 valence electrons. The van der Waals surface area contributed by atoms with E-state index in [1.54, 1.807) is 0 Å². The first-order chi connectivity index (χ1) is 10.3. The first-order valence-electron chi connectivity index (χ1n) is 6.94. The van der Waals surface area contributed by atoms with E-state index >= 15 is 0 Å². The van der Waals surface area contributed by atoms with Gasteiger partial charge in [-0.25, -0.2) is 8.42 Å². The van der Waals surface area contributed by atoms with Gasteiger partial charge in [0.1, 0.15) is 19.3 Å². The van der Waals surface area contributed by atoms with Gasteiger partial charge in [0.05, 0.1) is 4.90 Å². The molecule has 0 radical (unpaired) electrons. The van der Waals surface area contributed by atoms with Crippen molar-refractivity contribution in [2.75, 3.05) is 13.2 Å². The van der Waals surface area contributed by atoms with Crippen LogP contribution in [0.3, 0.4) is 0 Å². The summed E-state index contributed by atoms with van der Waals surface area (Å²) in [7, 11) is -3.95. The van der Waals surface area contributed by atoms with Crippen LogP contribution in [0.15, 0.2) is 23.1 Å². The predicted molar refractivity (Wildman–Crippen MR) is 78.6 cm³/mol. The summed E-state index contributed by atoms with van der Waals surface area (Å²) >= 11 is 0. The Labute approximate surface area is 129 Å². The van der Waals surface area contributed by atoms with Gasteiger partial charge in [0, 0.05) is 6.07 Å². The van der Waals surface area contributed by atoms with Crippen molar-refractivity contribution in [3.05, 3.63) is 18.2 Å². The summed E-state index contributed by atoms with van der Waals surface area (Å²) in [5.74, 6) is -0.342. The maximum absolute atomic E-state index is 12.3. The van der Waals surface area contributed by atoms with Crippen LogP contribution in [0, 0.1) is 5.92 Å². The second-order valence-corrected chi connectivity index (χ2v) is 7.16. The molecular formula is C14H19NO6S. The van der Waals surface area contributed by atoms with Crippen LogP contribution in [0.5, 0.6) is 11.5 Å². The molecule has 0 saturated heterocycles. The Morgan fingerprint density at radius 2 is 1.91 bits per heavy atom. The lowest BCUT2D eigenvalue weighted by molar-refractivity contribution is -0.139. The molecule has 1 aromatic carbocycles. The highest BCUT2D eigenvalue weighted by Crippen LogP contribution is 2.32. The lowest BCUT2D eigenvalue weighted by Crippen LogP contribution is -2.41. The molecule has 2 N–H and O–H groups in total. The van der Waals surface area contributed by atoms with Gasteiger partial charge in [0.2, 0.25) is 10.0 Å². The highest BCUT2D eigenvalue weighted by Gasteiger charge is 2.27. The highest BCUT2D eigenvalue weighted by molar-refractivity contribution is 7.89. The lowest BCUT2D eigenvalue weighted by atomic mass is 10.1. The molecule has 1 aliphatic rings.